The normalized spacial score (nSPS) is 11.8. The number of hydrogen-bond donors (Lipinski definition) is 3. The minimum Gasteiger partial charge on any atom is -0.378 e. The van der Waals surface area contributed by atoms with Crippen LogP contribution in [0.2, 0.25) is 0 Å². The number of likely N-dealkylation sites (N-methyl/N-ethyl adjacent to an activating group) is 1. The topological polar surface area (TPSA) is 65.9 Å². The third kappa shape index (κ3) is 5.79. The highest BCUT2D eigenvalue weighted by Gasteiger charge is 2.21. The lowest BCUT2D eigenvalue weighted by Gasteiger charge is -2.23. The van der Waals surface area contributed by atoms with E-state index >= 15 is 0 Å². The molecule has 6 nitrogen and oxygen atoms in total. The molecule has 0 aliphatic rings. The number of rotatable bonds is 6. The van der Waals surface area contributed by atoms with Crippen molar-refractivity contribution in [2.24, 2.45) is 0 Å². The molecule has 2 amide bonds. The molecule has 0 fully saturated rings. The lowest BCUT2D eigenvalue weighted by Crippen LogP contribution is -3.07. The maximum atomic E-state index is 12.9. The lowest BCUT2D eigenvalue weighted by molar-refractivity contribution is -0.890. The van der Waals surface area contributed by atoms with Crippen molar-refractivity contribution in [3.8, 4) is 0 Å². The number of carbonyl (C=O) groups excluding carboxylic acids is 2. The maximum absolute atomic E-state index is 12.9. The van der Waals surface area contributed by atoms with Crippen LogP contribution in [0, 0.1) is 5.82 Å². The van der Waals surface area contributed by atoms with Gasteiger partial charge < -0.3 is 20.4 Å². The van der Waals surface area contributed by atoms with Crippen LogP contribution < -0.4 is 20.4 Å². The second-order valence-corrected chi connectivity index (χ2v) is 6.79. The number of nitrogens with one attached hydrogen (secondary N) is 3. The molecule has 27 heavy (non-hydrogen) atoms. The molecule has 0 saturated heterocycles. The Balaban J connectivity index is 1.97. The average Bonchev–Trinajstić information content (AvgIpc) is 2.63. The smallest absolute Gasteiger partial charge is 0.313 e. The Labute approximate surface area is 159 Å². The Morgan fingerprint density at radius 3 is 2.11 bits per heavy atom. The SMILES string of the molecule is CN(C)c1ccc([C@@H](CNC(=O)C(=O)Nc2ccc(F)cc2)[NH+](C)C)cc1. The quantitative estimate of drug-likeness (QED) is 0.658. The van der Waals surface area contributed by atoms with Gasteiger partial charge in [-0.3, -0.25) is 9.59 Å². The molecule has 0 saturated carbocycles. The Morgan fingerprint density at radius 2 is 1.59 bits per heavy atom. The molecular formula is C20H26FN4O2+. The molecule has 0 aromatic heterocycles. The van der Waals surface area contributed by atoms with Crippen LogP contribution in [0.5, 0.6) is 0 Å². The summed E-state index contributed by atoms with van der Waals surface area (Å²) in [6, 6.07) is 13.3. The van der Waals surface area contributed by atoms with Crippen LogP contribution in [-0.4, -0.2) is 46.5 Å². The largest absolute Gasteiger partial charge is 0.378 e. The first kappa shape index (κ1) is 20.4. The van der Waals surface area contributed by atoms with Gasteiger partial charge in [-0.05, 0) is 36.4 Å². The highest BCUT2D eigenvalue weighted by molar-refractivity contribution is 6.39. The summed E-state index contributed by atoms with van der Waals surface area (Å²) < 4.78 is 12.9. The van der Waals surface area contributed by atoms with E-state index in [-0.39, 0.29) is 6.04 Å². The van der Waals surface area contributed by atoms with Crippen LogP contribution in [-0.2, 0) is 9.59 Å². The van der Waals surface area contributed by atoms with Crippen LogP contribution >= 0.6 is 0 Å². The molecule has 0 radical (unpaired) electrons. The maximum Gasteiger partial charge on any atom is 0.313 e. The van der Waals surface area contributed by atoms with Crippen molar-refractivity contribution in [1.82, 2.24) is 5.32 Å². The molecule has 144 valence electrons. The zero-order valence-corrected chi connectivity index (χ0v) is 16.0. The monoisotopic (exact) mass is 373 g/mol. The van der Waals surface area contributed by atoms with Crippen molar-refractivity contribution in [3.05, 3.63) is 59.9 Å². The van der Waals surface area contributed by atoms with Gasteiger partial charge >= 0.3 is 11.8 Å². The molecular weight excluding hydrogens is 347 g/mol. The molecule has 2 rings (SSSR count). The summed E-state index contributed by atoms with van der Waals surface area (Å²) in [5.74, 6) is -1.91. The van der Waals surface area contributed by atoms with Gasteiger partial charge in [-0.25, -0.2) is 4.39 Å². The van der Waals surface area contributed by atoms with Gasteiger partial charge in [0.1, 0.15) is 11.9 Å². The van der Waals surface area contributed by atoms with E-state index in [1.165, 1.54) is 24.3 Å². The van der Waals surface area contributed by atoms with Gasteiger partial charge in [0.25, 0.3) is 0 Å². The summed E-state index contributed by atoms with van der Waals surface area (Å²) in [6.45, 7) is 0.319. The minimum atomic E-state index is -0.780. The predicted octanol–water partition coefficient (Wildman–Crippen LogP) is 0.832. The minimum absolute atomic E-state index is 0.00350. The van der Waals surface area contributed by atoms with Crippen LogP contribution in [0.3, 0.4) is 0 Å². The van der Waals surface area contributed by atoms with Gasteiger partial charge in [-0.2, -0.15) is 0 Å². The highest BCUT2D eigenvalue weighted by Crippen LogP contribution is 2.16. The Hall–Kier alpha value is -2.93. The Morgan fingerprint density at radius 1 is 1.00 bits per heavy atom. The van der Waals surface area contributed by atoms with Crippen LogP contribution in [0.4, 0.5) is 15.8 Å². The van der Waals surface area contributed by atoms with E-state index in [1.807, 2.05) is 57.4 Å². The summed E-state index contributed by atoms with van der Waals surface area (Å²) in [4.78, 5) is 27.3. The Bertz CT molecular complexity index is 774. The average molecular weight is 373 g/mol. The molecule has 3 N–H and O–H groups in total. The molecule has 0 spiro atoms. The van der Waals surface area contributed by atoms with Gasteiger partial charge in [-0.1, -0.05) is 12.1 Å². The third-order valence-corrected chi connectivity index (χ3v) is 4.28. The van der Waals surface area contributed by atoms with Crippen molar-refractivity contribution in [1.29, 1.82) is 0 Å². The number of quaternary nitrogens is 1. The third-order valence-electron chi connectivity index (χ3n) is 4.28. The highest BCUT2D eigenvalue weighted by atomic mass is 19.1. The summed E-state index contributed by atoms with van der Waals surface area (Å²) in [6.07, 6.45) is 0. The van der Waals surface area contributed by atoms with E-state index in [9.17, 15) is 14.0 Å². The van der Waals surface area contributed by atoms with E-state index in [1.54, 1.807) is 0 Å². The van der Waals surface area contributed by atoms with Gasteiger partial charge in [0.2, 0.25) is 0 Å². The number of amides is 2. The van der Waals surface area contributed by atoms with Crippen molar-refractivity contribution < 1.29 is 18.9 Å². The van der Waals surface area contributed by atoms with Gasteiger partial charge in [0.15, 0.2) is 0 Å². The second-order valence-electron chi connectivity index (χ2n) is 6.79. The molecule has 2 aromatic rings. The van der Waals surface area contributed by atoms with Gasteiger partial charge in [0.05, 0.1) is 20.6 Å². The van der Waals surface area contributed by atoms with E-state index in [2.05, 4.69) is 10.6 Å². The molecule has 0 unspecified atom stereocenters. The molecule has 1 atom stereocenters. The lowest BCUT2D eigenvalue weighted by atomic mass is 10.1. The number of hydrogen-bond acceptors (Lipinski definition) is 3. The van der Waals surface area contributed by atoms with E-state index < -0.39 is 17.6 Å². The number of benzene rings is 2. The first-order chi connectivity index (χ1) is 12.8. The number of halogens is 1. The van der Waals surface area contributed by atoms with Crippen LogP contribution in [0.15, 0.2) is 48.5 Å². The molecule has 2 aromatic carbocycles. The van der Waals surface area contributed by atoms with Gasteiger partial charge in [0, 0.05) is 31.0 Å². The molecule has 0 heterocycles. The van der Waals surface area contributed by atoms with Crippen molar-refractivity contribution in [2.45, 2.75) is 6.04 Å². The summed E-state index contributed by atoms with van der Waals surface area (Å²) in [7, 11) is 7.94. The van der Waals surface area contributed by atoms with Crippen molar-refractivity contribution >= 4 is 23.2 Å². The van der Waals surface area contributed by atoms with E-state index in [0.717, 1.165) is 16.2 Å². The van der Waals surface area contributed by atoms with Crippen molar-refractivity contribution in [3.63, 3.8) is 0 Å². The molecule has 0 aliphatic carbocycles. The zero-order chi connectivity index (χ0) is 20.0. The molecule has 0 aliphatic heterocycles. The summed E-state index contributed by atoms with van der Waals surface area (Å²) in [5.41, 5.74) is 2.53. The summed E-state index contributed by atoms with van der Waals surface area (Å²) in [5, 5.41) is 5.13. The first-order valence-electron chi connectivity index (χ1n) is 8.70. The molecule has 0 bridgehead atoms. The van der Waals surface area contributed by atoms with E-state index in [4.69, 9.17) is 0 Å². The van der Waals surface area contributed by atoms with Crippen LogP contribution in [0.1, 0.15) is 11.6 Å². The number of nitrogens with zero attached hydrogens (tertiary/aromatic N) is 1. The Kier molecular flexibility index (Phi) is 6.90. The number of carbonyl (C=O) groups is 2. The fourth-order valence-corrected chi connectivity index (χ4v) is 2.66. The van der Waals surface area contributed by atoms with E-state index in [0.29, 0.717) is 12.2 Å². The first-order valence-corrected chi connectivity index (χ1v) is 8.70. The second kappa shape index (κ2) is 9.14. The zero-order valence-electron chi connectivity index (χ0n) is 16.0. The summed E-state index contributed by atoms with van der Waals surface area (Å²) >= 11 is 0. The van der Waals surface area contributed by atoms with Gasteiger partial charge in [-0.15, -0.1) is 0 Å². The predicted molar refractivity (Wildman–Crippen MR) is 104 cm³/mol. The number of anilines is 2. The molecule has 7 heteroatoms. The fourth-order valence-electron chi connectivity index (χ4n) is 2.66. The van der Waals surface area contributed by atoms with Crippen LogP contribution in [0.25, 0.3) is 0 Å². The fraction of sp³-hybridized carbons (Fsp3) is 0.300. The standard InChI is InChI=1S/C20H25FN4O2/c1-24(2)17-11-5-14(6-12-17)18(25(3)4)13-22-19(26)20(27)23-16-9-7-15(21)8-10-16/h5-12,18H,13H2,1-4H3,(H,22,26)(H,23,27)/p+1/t18-/m1/s1. The van der Waals surface area contributed by atoms with Crippen molar-refractivity contribution in [2.75, 3.05) is 45.0 Å².